The van der Waals surface area contributed by atoms with E-state index in [2.05, 4.69) is 0 Å². The molecule has 0 unspecified atom stereocenters. The van der Waals surface area contributed by atoms with Gasteiger partial charge in [0.15, 0.2) is 0 Å². The predicted molar refractivity (Wildman–Crippen MR) is 109 cm³/mol. The van der Waals surface area contributed by atoms with Crippen molar-refractivity contribution >= 4 is 39.9 Å². The summed E-state index contributed by atoms with van der Waals surface area (Å²) in [7, 11) is 0. The summed E-state index contributed by atoms with van der Waals surface area (Å²) in [5.74, 6) is -0.408. The molecule has 0 saturated carbocycles. The van der Waals surface area contributed by atoms with E-state index in [1.807, 2.05) is 4.90 Å². The minimum absolute atomic E-state index is 0.0189. The highest BCUT2D eigenvalue weighted by molar-refractivity contribution is 6.30. The first-order valence-corrected chi connectivity index (χ1v) is 9.33. The van der Waals surface area contributed by atoms with E-state index < -0.39 is 16.5 Å². The van der Waals surface area contributed by atoms with Crippen LogP contribution in [0, 0.1) is 10.1 Å². The number of nitrogens with zero attached hydrogens (tertiary/aromatic N) is 3. The molecule has 29 heavy (non-hydrogen) atoms. The average Bonchev–Trinajstić information content (AvgIpc) is 2.73. The Hall–Kier alpha value is -3.39. The van der Waals surface area contributed by atoms with Gasteiger partial charge in [0, 0.05) is 42.7 Å². The van der Waals surface area contributed by atoms with Crippen molar-refractivity contribution in [2.45, 2.75) is 0 Å². The molecule has 3 aromatic rings. The van der Waals surface area contributed by atoms with Crippen molar-refractivity contribution < 1.29 is 14.1 Å². The van der Waals surface area contributed by atoms with E-state index >= 15 is 0 Å². The highest BCUT2D eigenvalue weighted by Gasteiger charge is 2.28. The molecule has 148 valence electrons. The largest absolute Gasteiger partial charge is 0.422 e. The lowest BCUT2D eigenvalue weighted by Gasteiger charge is -2.35. The summed E-state index contributed by atoms with van der Waals surface area (Å²) in [5.41, 5.74) is 0.108. The summed E-state index contributed by atoms with van der Waals surface area (Å²) >= 11 is 5.87. The van der Waals surface area contributed by atoms with E-state index in [4.69, 9.17) is 16.0 Å². The van der Waals surface area contributed by atoms with Gasteiger partial charge in [0.2, 0.25) is 0 Å². The number of nitro benzene ring substituents is 1. The Morgan fingerprint density at radius 3 is 2.52 bits per heavy atom. The SMILES string of the molecule is O=C(c1cc2ccccc2oc1=O)N1CCN(c2ccc(Cl)cc2[N+](=O)[O-])CC1. The van der Waals surface area contributed by atoms with Crippen LogP contribution in [0.25, 0.3) is 11.0 Å². The zero-order chi connectivity index (χ0) is 20.5. The minimum Gasteiger partial charge on any atom is -0.422 e. The van der Waals surface area contributed by atoms with Crippen molar-refractivity contribution in [2.75, 3.05) is 31.1 Å². The molecule has 0 atom stereocenters. The average molecular weight is 414 g/mol. The van der Waals surface area contributed by atoms with E-state index in [1.54, 1.807) is 47.4 Å². The highest BCUT2D eigenvalue weighted by Crippen LogP contribution is 2.31. The topological polar surface area (TPSA) is 96.9 Å². The van der Waals surface area contributed by atoms with E-state index in [-0.39, 0.29) is 16.3 Å². The summed E-state index contributed by atoms with van der Waals surface area (Å²) < 4.78 is 5.25. The molecule has 4 rings (SSSR count). The first-order valence-electron chi connectivity index (χ1n) is 8.95. The van der Waals surface area contributed by atoms with Gasteiger partial charge in [-0.25, -0.2) is 4.79 Å². The van der Waals surface area contributed by atoms with Crippen molar-refractivity contribution in [3.63, 3.8) is 0 Å². The van der Waals surface area contributed by atoms with Gasteiger partial charge in [-0.2, -0.15) is 0 Å². The fraction of sp³-hybridized carbons (Fsp3) is 0.200. The van der Waals surface area contributed by atoms with Crippen molar-refractivity contribution in [3.8, 4) is 0 Å². The summed E-state index contributed by atoms with van der Waals surface area (Å²) in [4.78, 5) is 39.3. The lowest BCUT2D eigenvalue weighted by atomic mass is 10.1. The van der Waals surface area contributed by atoms with Crippen molar-refractivity contribution in [2.24, 2.45) is 0 Å². The van der Waals surface area contributed by atoms with Gasteiger partial charge in [0.25, 0.3) is 11.6 Å². The number of carbonyl (C=O) groups is 1. The third kappa shape index (κ3) is 3.66. The van der Waals surface area contributed by atoms with Gasteiger partial charge in [-0.1, -0.05) is 29.8 Å². The number of hydrogen-bond donors (Lipinski definition) is 0. The minimum atomic E-state index is -0.676. The normalized spacial score (nSPS) is 14.2. The number of para-hydroxylation sites is 1. The quantitative estimate of drug-likeness (QED) is 0.371. The summed E-state index contributed by atoms with van der Waals surface area (Å²) in [5, 5.41) is 12.3. The fourth-order valence-corrected chi connectivity index (χ4v) is 3.61. The van der Waals surface area contributed by atoms with Crippen LogP contribution in [0.4, 0.5) is 11.4 Å². The van der Waals surface area contributed by atoms with Crippen LogP contribution in [-0.4, -0.2) is 41.9 Å². The zero-order valence-corrected chi connectivity index (χ0v) is 16.0. The van der Waals surface area contributed by atoms with Crippen LogP contribution in [-0.2, 0) is 0 Å². The molecule has 1 amide bonds. The maximum Gasteiger partial charge on any atom is 0.349 e. The third-order valence-corrected chi connectivity index (χ3v) is 5.15. The second kappa shape index (κ2) is 7.56. The van der Waals surface area contributed by atoms with Crippen LogP contribution in [0.2, 0.25) is 5.02 Å². The van der Waals surface area contributed by atoms with Crippen molar-refractivity contribution in [3.05, 3.63) is 79.7 Å². The molecule has 1 aliphatic rings. The highest BCUT2D eigenvalue weighted by atomic mass is 35.5. The predicted octanol–water partition coefficient (Wildman–Crippen LogP) is 3.32. The van der Waals surface area contributed by atoms with Gasteiger partial charge in [0.1, 0.15) is 16.8 Å². The molecule has 0 aliphatic carbocycles. The van der Waals surface area contributed by atoms with Crippen LogP contribution in [0.1, 0.15) is 10.4 Å². The van der Waals surface area contributed by atoms with E-state index in [1.165, 1.54) is 6.07 Å². The maximum atomic E-state index is 12.8. The lowest BCUT2D eigenvalue weighted by Crippen LogP contribution is -2.49. The molecular formula is C20H16ClN3O5. The van der Waals surface area contributed by atoms with Crippen LogP contribution in [0.15, 0.2) is 57.7 Å². The number of piperazine rings is 1. The van der Waals surface area contributed by atoms with Gasteiger partial charge < -0.3 is 14.2 Å². The van der Waals surface area contributed by atoms with Gasteiger partial charge in [0.05, 0.1) is 4.92 Å². The maximum absolute atomic E-state index is 12.8. The van der Waals surface area contributed by atoms with E-state index in [0.717, 1.165) is 0 Å². The number of hydrogen-bond acceptors (Lipinski definition) is 6. The molecule has 0 bridgehead atoms. The van der Waals surface area contributed by atoms with Gasteiger partial charge in [-0.05, 0) is 24.3 Å². The smallest absolute Gasteiger partial charge is 0.349 e. The monoisotopic (exact) mass is 413 g/mol. The summed E-state index contributed by atoms with van der Waals surface area (Å²) in [6.45, 7) is 1.44. The molecule has 8 nitrogen and oxygen atoms in total. The van der Waals surface area contributed by atoms with E-state index in [9.17, 15) is 19.7 Å². The Labute approximate surface area is 170 Å². The zero-order valence-electron chi connectivity index (χ0n) is 15.2. The number of benzene rings is 2. The van der Waals surface area contributed by atoms with Crippen LogP contribution < -0.4 is 10.5 Å². The number of carbonyl (C=O) groups excluding carboxylic acids is 1. The molecule has 1 aliphatic heterocycles. The Bertz CT molecular complexity index is 1170. The Morgan fingerprint density at radius 1 is 1.07 bits per heavy atom. The summed E-state index contributed by atoms with van der Waals surface area (Å²) in [6.07, 6.45) is 0. The van der Waals surface area contributed by atoms with Gasteiger partial charge >= 0.3 is 5.63 Å². The molecule has 2 aromatic carbocycles. The number of nitro groups is 1. The second-order valence-corrected chi connectivity index (χ2v) is 7.09. The lowest BCUT2D eigenvalue weighted by molar-refractivity contribution is -0.384. The molecule has 0 radical (unpaired) electrons. The first kappa shape index (κ1) is 18.9. The number of rotatable bonds is 3. The number of halogens is 1. The Morgan fingerprint density at radius 2 is 1.79 bits per heavy atom. The van der Waals surface area contributed by atoms with Gasteiger partial charge in [-0.3, -0.25) is 14.9 Å². The van der Waals surface area contributed by atoms with Crippen LogP contribution >= 0.6 is 11.6 Å². The van der Waals surface area contributed by atoms with Crippen molar-refractivity contribution in [1.82, 2.24) is 4.90 Å². The van der Waals surface area contributed by atoms with E-state index in [0.29, 0.717) is 42.8 Å². The number of anilines is 1. The first-order chi connectivity index (χ1) is 13.9. The van der Waals surface area contributed by atoms with Crippen LogP contribution in [0.3, 0.4) is 0 Å². The Kier molecular flexibility index (Phi) is 4.94. The fourth-order valence-electron chi connectivity index (χ4n) is 3.44. The molecule has 1 fully saturated rings. The molecule has 1 saturated heterocycles. The standard InChI is InChI=1S/C20H16ClN3O5/c21-14-5-6-16(17(12-14)24(27)28)22-7-9-23(10-8-22)19(25)15-11-13-3-1-2-4-18(13)29-20(15)26/h1-6,11-12H,7-10H2. The molecule has 0 N–H and O–H groups in total. The molecule has 0 spiro atoms. The Balaban J connectivity index is 1.53. The molecular weight excluding hydrogens is 398 g/mol. The third-order valence-electron chi connectivity index (χ3n) is 4.91. The van der Waals surface area contributed by atoms with Crippen LogP contribution in [0.5, 0.6) is 0 Å². The number of amides is 1. The molecule has 2 heterocycles. The van der Waals surface area contributed by atoms with Gasteiger partial charge in [-0.15, -0.1) is 0 Å². The molecule has 9 heteroatoms. The number of fused-ring (bicyclic) bond motifs is 1. The van der Waals surface area contributed by atoms with Crippen molar-refractivity contribution in [1.29, 1.82) is 0 Å². The second-order valence-electron chi connectivity index (χ2n) is 6.65. The summed E-state index contributed by atoms with van der Waals surface area (Å²) in [6, 6.07) is 13.1. The molecule has 1 aromatic heterocycles.